The Morgan fingerprint density at radius 3 is 2.72 bits per heavy atom. The van der Waals surface area contributed by atoms with Gasteiger partial charge in [-0.05, 0) is 31.5 Å². The van der Waals surface area contributed by atoms with Gasteiger partial charge in [0, 0.05) is 17.7 Å². The predicted molar refractivity (Wildman–Crippen MR) is 89.3 cm³/mol. The lowest BCUT2D eigenvalue weighted by Crippen LogP contribution is -2.44. The lowest BCUT2D eigenvalue weighted by molar-refractivity contribution is -0.384. The van der Waals surface area contributed by atoms with E-state index in [4.69, 9.17) is 4.52 Å². The molecule has 1 saturated heterocycles. The maximum atomic E-state index is 11.3. The van der Waals surface area contributed by atoms with Crippen LogP contribution in [0.15, 0.2) is 28.8 Å². The molecule has 0 aliphatic carbocycles. The van der Waals surface area contributed by atoms with Crippen LogP contribution in [0.5, 0.6) is 0 Å². The van der Waals surface area contributed by atoms with Crippen LogP contribution < -0.4 is 0 Å². The zero-order valence-corrected chi connectivity index (χ0v) is 14.0. The maximum absolute atomic E-state index is 11.3. The molecule has 2 heterocycles. The number of carboxylic acids is 1. The molecule has 1 aliphatic rings. The first-order valence-corrected chi connectivity index (χ1v) is 7.59. The lowest BCUT2D eigenvalue weighted by atomic mass is 10.0. The van der Waals surface area contributed by atoms with E-state index in [-0.39, 0.29) is 24.6 Å². The number of nitrogens with zero attached hydrogens (tertiary/aromatic N) is 4. The van der Waals surface area contributed by atoms with Gasteiger partial charge in [-0.2, -0.15) is 4.98 Å². The first-order valence-electron chi connectivity index (χ1n) is 7.59. The third kappa shape index (κ3) is 4.31. The minimum absolute atomic E-state index is 0. The molecule has 3 rings (SSSR count). The highest BCUT2D eigenvalue weighted by Gasteiger charge is 2.29. The SMILES string of the molecule is Cl.O=C(O)C1CCCCN1Cc1nc(-c2ccc([N+](=O)[O-])cc2)no1. The summed E-state index contributed by atoms with van der Waals surface area (Å²) < 4.78 is 5.20. The fourth-order valence-electron chi connectivity index (χ4n) is 2.80. The van der Waals surface area contributed by atoms with Gasteiger partial charge in [0.2, 0.25) is 11.7 Å². The number of non-ortho nitro benzene ring substituents is 1. The molecule has 1 aliphatic heterocycles. The van der Waals surface area contributed by atoms with Crippen molar-refractivity contribution in [2.75, 3.05) is 6.54 Å². The first-order chi connectivity index (χ1) is 11.5. The zero-order valence-electron chi connectivity index (χ0n) is 13.2. The van der Waals surface area contributed by atoms with E-state index < -0.39 is 16.9 Å². The number of likely N-dealkylation sites (tertiary alicyclic amines) is 1. The van der Waals surface area contributed by atoms with Crippen LogP contribution in [0.4, 0.5) is 5.69 Å². The molecule has 134 valence electrons. The molecule has 2 aromatic rings. The van der Waals surface area contributed by atoms with Crippen molar-refractivity contribution in [3.8, 4) is 11.4 Å². The second-order valence-corrected chi connectivity index (χ2v) is 5.64. The van der Waals surface area contributed by atoms with Crippen LogP contribution in [0.1, 0.15) is 25.2 Å². The zero-order chi connectivity index (χ0) is 17.1. The topological polar surface area (TPSA) is 123 Å². The van der Waals surface area contributed by atoms with Gasteiger partial charge in [-0.25, -0.2) is 0 Å². The molecule has 25 heavy (non-hydrogen) atoms. The van der Waals surface area contributed by atoms with Gasteiger partial charge in [-0.3, -0.25) is 19.8 Å². The molecule has 1 aromatic heterocycles. The molecule has 0 radical (unpaired) electrons. The van der Waals surface area contributed by atoms with E-state index in [1.54, 1.807) is 12.1 Å². The van der Waals surface area contributed by atoms with Crippen molar-refractivity contribution in [1.29, 1.82) is 0 Å². The average molecular weight is 369 g/mol. The van der Waals surface area contributed by atoms with Crippen molar-refractivity contribution in [2.45, 2.75) is 31.8 Å². The van der Waals surface area contributed by atoms with E-state index in [0.29, 0.717) is 30.2 Å². The summed E-state index contributed by atoms with van der Waals surface area (Å²) in [5, 5.41) is 23.8. The van der Waals surface area contributed by atoms with E-state index >= 15 is 0 Å². The van der Waals surface area contributed by atoms with E-state index in [1.807, 2.05) is 4.90 Å². The van der Waals surface area contributed by atoms with Gasteiger partial charge in [-0.15, -0.1) is 12.4 Å². The van der Waals surface area contributed by atoms with Crippen LogP contribution >= 0.6 is 12.4 Å². The smallest absolute Gasteiger partial charge is 0.320 e. The Labute approximate surface area is 149 Å². The third-order valence-electron chi connectivity index (χ3n) is 4.04. The van der Waals surface area contributed by atoms with Crippen molar-refractivity contribution in [1.82, 2.24) is 15.0 Å². The highest BCUT2D eigenvalue weighted by molar-refractivity contribution is 5.85. The number of aromatic nitrogens is 2. The standard InChI is InChI=1S/C15H16N4O5.ClH/c20-15(21)12-3-1-2-8-18(12)9-13-16-14(17-24-13)10-4-6-11(7-5-10)19(22)23;/h4-7,12H,1-3,8-9H2,(H,20,21);1H. The van der Waals surface area contributed by atoms with E-state index in [2.05, 4.69) is 10.1 Å². The molecule has 9 nitrogen and oxygen atoms in total. The fraction of sp³-hybridized carbons (Fsp3) is 0.400. The molecule has 1 aromatic carbocycles. The van der Waals surface area contributed by atoms with Gasteiger partial charge < -0.3 is 9.63 Å². The molecule has 1 unspecified atom stereocenters. The van der Waals surface area contributed by atoms with Gasteiger partial charge in [0.05, 0.1) is 11.5 Å². The van der Waals surface area contributed by atoms with Gasteiger partial charge >= 0.3 is 5.97 Å². The summed E-state index contributed by atoms with van der Waals surface area (Å²) >= 11 is 0. The largest absolute Gasteiger partial charge is 0.480 e. The Morgan fingerprint density at radius 1 is 1.36 bits per heavy atom. The number of piperidine rings is 1. The number of carbonyl (C=O) groups is 1. The molecule has 0 bridgehead atoms. The molecule has 0 spiro atoms. The number of benzene rings is 1. The molecule has 0 saturated carbocycles. The van der Waals surface area contributed by atoms with Crippen molar-refractivity contribution in [3.05, 3.63) is 40.3 Å². The van der Waals surface area contributed by atoms with E-state index in [9.17, 15) is 20.0 Å². The van der Waals surface area contributed by atoms with Crippen LogP contribution in [0.3, 0.4) is 0 Å². The number of halogens is 1. The Balaban J connectivity index is 0.00000225. The van der Waals surface area contributed by atoms with Crippen molar-refractivity contribution >= 4 is 24.1 Å². The Morgan fingerprint density at radius 2 is 2.08 bits per heavy atom. The van der Waals surface area contributed by atoms with Crippen LogP contribution in [0.2, 0.25) is 0 Å². The number of nitro groups is 1. The van der Waals surface area contributed by atoms with Crippen molar-refractivity contribution in [2.24, 2.45) is 0 Å². The van der Waals surface area contributed by atoms with Crippen LogP contribution in [0, 0.1) is 10.1 Å². The van der Waals surface area contributed by atoms with E-state index in [0.717, 1.165) is 12.8 Å². The predicted octanol–water partition coefficient (Wildman–Crippen LogP) is 2.51. The number of hydrogen-bond donors (Lipinski definition) is 1. The van der Waals surface area contributed by atoms with Gasteiger partial charge in [0.1, 0.15) is 6.04 Å². The van der Waals surface area contributed by atoms with Gasteiger partial charge in [0.15, 0.2) is 0 Å². The van der Waals surface area contributed by atoms with Crippen molar-refractivity contribution in [3.63, 3.8) is 0 Å². The lowest BCUT2D eigenvalue weighted by Gasteiger charge is -2.31. The Kier molecular flexibility index (Phi) is 6.05. The normalized spacial score (nSPS) is 17.7. The minimum Gasteiger partial charge on any atom is -0.480 e. The summed E-state index contributed by atoms with van der Waals surface area (Å²) in [5.41, 5.74) is 0.587. The number of nitro benzene ring substituents is 1. The third-order valence-corrected chi connectivity index (χ3v) is 4.04. The number of carboxylic acid groups (broad SMARTS) is 1. The van der Waals surface area contributed by atoms with Gasteiger partial charge in [0.25, 0.3) is 5.69 Å². The summed E-state index contributed by atoms with van der Waals surface area (Å²) in [5.74, 6) is -0.190. The van der Waals surface area contributed by atoms with Crippen LogP contribution in [0.25, 0.3) is 11.4 Å². The second-order valence-electron chi connectivity index (χ2n) is 5.64. The van der Waals surface area contributed by atoms with Crippen molar-refractivity contribution < 1.29 is 19.3 Å². The molecule has 0 amide bonds. The summed E-state index contributed by atoms with van der Waals surface area (Å²) in [6.07, 6.45) is 2.44. The van der Waals surface area contributed by atoms with Gasteiger partial charge in [-0.1, -0.05) is 11.6 Å². The summed E-state index contributed by atoms with van der Waals surface area (Å²) in [6, 6.07) is 5.31. The minimum atomic E-state index is -0.843. The molecular formula is C15H17ClN4O5. The quantitative estimate of drug-likeness (QED) is 0.630. The fourth-order valence-corrected chi connectivity index (χ4v) is 2.80. The monoisotopic (exact) mass is 368 g/mol. The number of rotatable bonds is 5. The molecule has 1 fully saturated rings. The van der Waals surface area contributed by atoms with Crippen LogP contribution in [-0.2, 0) is 11.3 Å². The highest BCUT2D eigenvalue weighted by atomic mass is 35.5. The molecule has 10 heteroatoms. The Bertz CT molecular complexity index is 749. The highest BCUT2D eigenvalue weighted by Crippen LogP contribution is 2.22. The molecule has 1 atom stereocenters. The molecular weight excluding hydrogens is 352 g/mol. The summed E-state index contributed by atoms with van der Waals surface area (Å²) in [7, 11) is 0. The number of aliphatic carboxylic acids is 1. The second kappa shape index (κ2) is 8.04. The molecule has 1 N–H and O–H groups in total. The average Bonchev–Trinajstić information content (AvgIpc) is 3.04. The summed E-state index contributed by atoms with van der Waals surface area (Å²) in [6.45, 7) is 0.948. The number of hydrogen-bond acceptors (Lipinski definition) is 7. The van der Waals surface area contributed by atoms with E-state index in [1.165, 1.54) is 12.1 Å². The first kappa shape index (κ1) is 18.8. The maximum Gasteiger partial charge on any atom is 0.320 e. The summed E-state index contributed by atoms with van der Waals surface area (Å²) in [4.78, 5) is 27.6. The van der Waals surface area contributed by atoms with Crippen LogP contribution in [-0.4, -0.2) is 43.6 Å². The Hall–Kier alpha value is -2.52.